The fourth-order valence-corrected chi connectivity index (χ4v) is 2.47. The van der Waals surface area contributed by atoms with E-state index < -0.39 is 6.04 Å². The first-order valence-corrected chi connectivity index (χ1v) is 7.22. The second-order valence-electron chi connectivity index (χ2n) is 5.53. The summed E-state index contributed by atoms with van der Waals surface area (Å²) in [6, 6.07) is 4.97. The van der Waals surface area contributed by atoms with E-state index in [0.717, 1.165) is 16.9 Å². The summed E-state index contributed by atoms with van der Waals surface area (Å²) in [5.74, 6) is 1.36. The molecule has 1 amide bonds. The van der Waals surface area contributed by atoms with E-state index in [2.05, 4.69) is 15.3 Å². The Hall–Kier alpha value is -1.34. The monoisotopic (exact) mass is 360 g/mol. The number of nitrogens with one attached hydrogen (secondary N) is 2. The smallest absolute Gasteiger partial charge is 0.243 e. The van der Waals surface area contributed by atoms with Gasteiger partial charge in [0.1, 0.15) is 11.9 Å². The number of benzene rings is 1. The molecule has 0 bridgehead atoms. The van der Waals surface area contributed by atoms with E-state index in [9.17, 15) is 4.79 Å². The first-order valence-electron chi connectivity index (χ1n) is 7.22. The van der Waals surface area contributed by atoms with Gasteiger partial charge in [-0.3, -0.25) is 4.79 Å². The van der Waals surface area contributed by atoms with Gasteiger partial charge >= 0.3 is 0 Å². The largest absolute Gasteiger partial charge is 0.383 e. The number of anilines is 1. The molecule has 1 heterocycles. The van der Waals surface area contributed by atoms with E-state index in [-0.39, 0.29) is 37.3 Å². The highest BCUT2D eigenvalue weighted by Crippen LogP contribution is 2.35. The number of carbonyl (C=O) groups is 1. The van der Waals surface area contributed by atoms with Crippen molar-refractivity contribution in [3.8, 4) is 0 Å². The van der Waals surface area contributed by atoms with Crippen LogP contribution in [0.1, 0.15) is 31.0 Å². The summed E-state index contributed by atoms with van der Waals surface area (Å²) in [7, 11) is 1.52. The number of hydrogen-bond donors (Lipinski definition) is 3. The molecule has 2 aromatic rings. The van der Waals surface area contributed by atoms with Crippen LogP contribution in [0, 0.1) is 0 Å². The summed E-state index contributed by atoms with van der Waals surface area (Å²) < 4.78 is 4.88. The fraction of sp³-hybridized carbons (Fsp3) is 0.467. The third-order valence-electron chi connectivity index (χ3n) is 3.94. The van der Waals surface area contributed by atoms with Gasteiger partial charge in [-0.05, 0) is 31.0 Å². The first-order chi connectivity index (χ1) is 10.2. The zero-order chi connectivity index (χ0) is 14.8. The third kappa shape index (κ3) is 4.35. The quantitative estimate of drug-likeness (QED) is 0.763. The summed E-state index contributed by atoms with van der Waals surface area (Å²) in [5, 5.41) is 2.79. The maximum atomic E-state index is 11.9. The molecule has 1 unspecified atom stereocenters. The molecule has 0 saturated heterocycles. The van der Waals surface area contributed by atoms with Crippen LogP contribution in [0.15, 0.2) is 18.2 Å². The van der Waals surface area contributed by atoms with Gasteiger partial charge in [-0.15, -0.1) is 24.8 Å². The minimum atomic E-state index is -0.669. The number of halogens is 2. The van der Waals surface area contributed by atoms with Gasteiger partial charge in [0.2, 0.25) is 5.91 Å². The molecule has 1 saturated carbocycles. The Labute approximate surface area is 147 Å². The molecule has 1 atom stereocenters. The van der Waals surface area contributed by atoms with Crippen LogP contribution >= 0.6 is 24.8 Å². The van der Waals surface area contributed by atoms with Crippen LogP contribution in [-0.2, 0) is 9.53 Å². The average Bonchev–Trinajstić information content (AvgIpc) is 2.79. The van der Waals surface area contributed by atoms with Gasteiger partial charge in [0.05, 0.1) is 17.6 Å². The highest BCUT2D eigenvalue weighted by molar-refractivity contribution is 5.96. The van der Waals surface area contributed by atoms with Crippen molar-refractivity contribution in [1.29, 1.82) is 0 Å². The standard InChI is InChI=1S/C15H20N4O2.2ClH/c1-21-8-11(16)15(20)17-10-5-6-12-13(7-10)19-14(18-12)9-3-2-4-9;;/h5-7,9,11H,2-4,8,16H2,1H3,(H,17,20)(H,18,19);2*1H. The summed E-state index contributed by atoms with van der Waals surface area (Å²) in [6.07, 6.45) is 3.69. The molecular formula is C15H22Cl2N4O2. The molecule has 4 N–H and O–H groups in total. The van der Waals surface area contributed by atoms with E-state index in [0.29, 0.717) is 11.6 Å². The van der Waals surface area contributed by atoms with Crippen molar-refractivity contribution in [1.82, 2.24) is 9.97 Å². The number of fused-ring (bicyclic) bond motifs is 1. The molecule has 128 valence electrons. The lowest BCUT2D eigenvalue weighted by Crippen LogP contribution is -2.39. The third-order valence-corrected chi connectivity index (χ3v) is 3.94. The molecule has 3 rings (SSSR count). The predicted molar refractivity (Wildman–Crippen MR) is 95.7 cm³/mol. The number of imidazole rings is 1. The lowest BCUT2D eigenvalue weighted by Gasteiger charge is -2.22. The van der Waals surface area contributed by atoms with Crippen molar-refractivity contribution < 1.29 is 9.53 Å². The summed E-state index contributed by atoms with van der Waals surface area (Å²) in [5.41, 5.74) is 8.28. The van der Waals surface area contributed by atoms with Crippen LogP contribution in [0.5, 0.6) is 0 Å². The van der Waals surface area contributed by atoms with Gasteiger partial charge in [0.15, 0.2) is 0 Å². The highest BCUT2D eigenvalue weighted by Gasteiger charge is 2.22. The summed E-state index contributed by atoms with van der Waals surface area (Å²) in [4.78, 5) is 19.8. The number of nitrogens with zero attached hydrogens (tertiary/aromatic N) is 1. The number of H-pyrrole nitrogens is 1. The van der Waals surface area contributed by atoms with Crippen LogP contribution in [0.2, 0.25) is 0 Å². The van der Waals surface area contributed by atoms with Gasteiger partial charge in [-0.1, -0.05) is 6.42 Å². The lowest BCUT2D eigenvalue weighted by molar-refractivity contribution is -0.118. The van der Waals surface area contributed by atoms with Crippen LogP contribution in [0.3, 0.4) is 0 Å². The minimum Gasteiger partial charge on any atom is -0.383 e. The predicted octanol–water partition coefficient (Wildman–Crippen LogP) is 2.59. The fourth-order valence-electron chi connectivity index (χ4n) is 2.47. The van der Waals surface area contributed by atoms with E-state index in [1.54, 1.807) is 0 Å². The van der Waals surface area contributed by atoms with Crippen molar-refractivity contribution in [2.24, 2.45) is 5.73 Å². The van der Waals surface area contributed by atoms with Crippen molar-refractivity contribution in [2.45, 2.75) is 31.2 Å². The Balaban J connectivity index is 0.00000132. The van der Waals surface area contributed by atoms with Crippen molar-refractivity contribution in [2.75, 3.05) is 19.0 Å². The highest BCUT2D eigenvalue weighted by atomic mass is 35.5. The Bertz CT molecular complexity index is 658. The number of ether oxygens (including phenoxy) is 1. The Kier molecular flexibility index (Phi) is 7.28. The van der Waals surface area contributed by atoms with E-state index in [1.807, 2.05) is 18.2 Å². The molecule has 0 spiro atoms. The summed E-state index contributed by atoms with van der Waals surface area (Å²) >= 11 is 0. The van der Waals surface area contributed by atoms with Crippen molar-refractivity contribution >= 4 is 47.4 Å². The lowest BCUT2D eigenvalue weighted by atomic mass is 9.85. The Morgan fingerprint density at radius 1 is 1.48 bits per heavy atom. The van der Waals surface area contributed by atoms with E-state index in [4.69, 9.17) is 10.5 Å². The second-order valence-corrected chi connectivity index (χ2v) is 5.53. The molecule has 0 aliphatic heterocycles. The van der Waals surface area contributed by atoms with Gasteiger partial charge < -0.3 is 20.8 Å². The minimum absolute atomic E-state index is 0. The van der Waals surface area contributed by atoms with Gasteiger partial charge in [-0.25, -0.2) is 4.98 Å². The van der Waals surface area contributed by atoms with E-state index in [1.165, 1.54) is 26.4 Å². The molecule has 1 aromatic heterocycles. The zero-order valence-corrected chi connectivity index (χ0v) is 14.5. The molecule has 1 fully saturated rings. The number of amides is 1. The average molecular weight is 361 g/mol. The molecule has 1 aliphatic carbocycles. The number of nitrogens with two attached hydrogens (primary N) is 1. The van der Waals surface area contributed by atoms with Gasteiger partial charge in [-0.2, -0.15) is 0 Å². The molecule has 0 radical (unpaired) electrons. The molecule has 23 heavy (non-hydrogen) atoms. The van der Waals surface area contributed by atoms with Crippen molar-refractivity contribution in [3.63, 3.8) is 0 Å². The van der Waals surface area contributed by atoms with Crippen molar-refractivity contribution in [3.05, 3.63) is 24.0 Å². The second kappa shape index (κ2) is 8.49. The number of carbonyl (C=O) groups excluding carboxylic acids is 1. The van der Waals surface area contributed by atoms with E-state index >= 15 is 0 Å². The van der Waals surface area contributed by atoms with Crippen LogP contribution in [0.25, 0.3) is 11.0 Å². The number of aromatic nitrogens is 2. The molecule has 1 aromatic carbocycles. The van der Waals surface area contributed by atoms with Gasteiger partial charge in [0, 0.05) is 18.7 Å². The topological polar surface area (TPSA) is 93.0 Å². The number of methoxy groups -OCH3 is 1. The SMILES string of the molecule is COCC(N)C(=O)Nc1ccc2nc(C3CCC3)[nH]c2c1.Cl.Cl. The Morgan fingerprint density at radius 2 is 2.22 bits per heavy atom. The molecule has 6 nitrogen and oxygen atoms in total. The number of rotatable bonds is 5. The van der Waals surface area contributed by atoms with Crippen LogP contribution < -0.4 is 11.1 Å². The maximum absolute atomic E-state index is 11.9. The van der Waals surface area contributed by atoms with Crippen LogP contribution in [-0.4, -0.2) is 35.6 Å². The normalized spacial score (nSPS) is 15.2. The summed E-state index contributed by atoms with van der Waals surface area (Å²) in [6.45, 7) is 0.198. The molecule has 8 heteroatoms. The maximum Gasteiger partial charge on any atom is 0.243 e. The molecular weight excluding hydrogens is 339 g/mol. The van der Waals surface area contributed by atoms with Gasteiger partial charge in [0.25, 0.3) is 0 Å². The number of aromatic amines is 1. The zero-order valence-electron chi connectivity index (χ0n) is 12.9. The first kappa shape index (κ1) is 19.7. The Morgan fingerprint density at radius 3 is 2.83 bits per heavy atom. The number of hydrogen-bond acceptors (Lipinski definition) is 4. The molecule has 1 aliphatic rings. The van der Waals surface area contributed by atoms with Crippen LogP contribution in [0.4, 0.5) is 5.69 Å².